The maximum atomic E-state index is 12.8. The van der Waals surface area contributed by atoms with E-state index < -0.39 is 11.9 Å². The number of piperazine rings is 1. The Hall–Kier alpha value is -1.88. The zero-order chi connectivity index (χ0) is 17.6. The highest BCUT2D eigenvalue weighted by Gasteiger charge is 2.38. The predicted octanol–water partition coefficient (Wildman–Crippen LogP) is 2.26. The Morgan fingerprint density at radius 2 is 1.60 bits per heavy atom. The second-order valence-corrected chi connectivity index (χ2v) is 7.24. The Bertz CT molecular complexity index is 582. The number of rotatable bonds is 5. The van der Waals surface area contributed by atoms with Crippen molar-refractivity contribution in [3.63, 3.8) is 0 Å². The number of carboxylic acids is 1. The van der Waals surface area contributed by atoms with Gasteiger partial charge in [0.05, 0.1) is 11.8 Å². The van der Waals surface area contributed by atoms with Crippen LogP contribution in [0.5, 0.6) is 0 Å². The molecule has 5 heteroatoms. The van der Waals surface area contributed by atoms with Gasteiger partial charge in [-0.05, 0) is 24.8 Å². The minimum atomic E-state index is -0.806. The molecular formula is C20H28N2O3. The molecule has 5 nitrogen and oxygen atoms in total. The summed E-state index contributed by atoms with van der Waals surface area (Å²) in [4.78, 5) is 28.5. The Morgan fingerprint density at radius 1 is 0.960 bits per heavy atom. The minimum Gasteiger partial charge on any atom is -0.481 e. The topological polar surface area (TPSA) is 60.9 Å². The molecule has 2 atom stereocenters. The fraction of sp³-hybridized carbons (Fsp3) is 0.600. The molecule has 1 aromatic rings. The number of benzene rings is 1. The van der Waals surface area contributed by atoms with Crippen molar-refractivity contribution in [2.45, 2.75) is 32.1 Å². The van der Waals surface area contributed by atoms with Gasteiger partial charge in [0, 0.05) is 32.7 Å². The zero-order valence-corrected chi connectivity index (χ0v) is 14.8. The van der Waals surface area contributed by atoms with Gasteiger partial charge in [-0.3, -0.25) is 14.5 Å². The van der Waals surface area contributed by atoms with Gasteiger partial charge in [-0.15, -0.1) is 0 Å². The number of aliphatic carboxylic acids is 1. The first-order chi connectivity index (χ1) is 12.1. The number of carboxylic acid groups (broad SMARTS) is 1. The summed E-state index contributed by atoms with van der Waals surface area (Å²) in [5.41, 5.74) is 1.34. The molecule has 1 amide bonds. The van der Waals surface area contributed by atoms with Gasteiger partial charge in [0.2, 0.25) is 5.91 Å². The zero-order valence-electron chi connectivity index (χ0n) is 14.8. The summed E-state index contributed by atoms with van der Waals surface area (Å²) < 4.78 is 0. The fourth-order valence-corrected chi connectivity index (χ4v) is 4.08. The third kappa shape index (κ3) is 4.60. The summed E-state index contributed by atoms with van der Waals surface area (Å²) in [5, 5.41) is 9.40. The number of hydrogen-bond acceptors (Lipinski definition) is 3. The first-order valence-corrected chi connectivity index (χ1v) is 9.43. The van der Waals surface area contributed by atoms with Gasteiger partial charge in [-0.1, -0.05) is 43.2 Å². The van der Waals surface area contributed by atoms with Crippen LogP contribution in [0.25, 0.3) is 0 Å². The van der Waals surface area contributed by atoms with E-state index in [1.54, 1.807) is 0 Å². The van der Waals surface area contributed by atoms with E-state index in [4.69, 9.17) is 0 Å². The van der Waals surface area contributed by atoms with E-state index in [-0.39, 0.29) is 11.8 Å². The minimum absolute atomic E-state index is 0.0646. The van der Waals surface area contributed by atoms with Gasteiger partial charge in [-0.25, -0.2) is 0 Å². The lowest BCUT2D eigenvalue weighted by Crippen LogP contribution is -2.52. The van der Waals surface area contributed by atoms with E-state index in [1.807, 2.05) is 11.0 Å². The average Bonchev–Trinajstić information content (AvgIpc) is 2.67. The lowest BCUT2D eigenvalue weighted by atomic mass is 9.78. The SMILES string of the molecule is O=C(O)C1CCCCC1C(=O)N1CCN(CCc2ccccc2)CC1. The molecule has 25 heavy (non-hydrogen) atoms. The number of carbonyl (C=O) groups is 2. The highest BCUT2D eigenvalue weighted by Crippen LogP contribution is 2.32. The Morgan fingerprint density at radius 3 is 2.24 bits per heavy atom. The van der Waals surface area contributed by atoms with Crippen LogP contribution in [0.15, 0.2) is 30.3 Å². The van der Waals surface area contributed by atoms with Crippen LogP contribution in [-0.4, -0.2) is 59.5 Å². The smallest absolute Gasteiger partial charge is 0.307 e. The molecule has 2 aliphatic rings. The van der Waals surface area contributed by atoms with E-state index in [0.717, 1.165) is 58.4 Å². The molecular weight excluding hydrogens is 316 g/mol. The normalized spacial score (nSPS) is 24.9. The summed E-state index contributed by atoms with van der Waals surface area (Å²) >= 11 is 0. The molecule has 1 N–H and O–H groups in total. The van der Waals surface area contributed by atoms with Gasteiger partial charge in [-0.2, -0.15) is 0 Å². The summed E-state index contributed by atoms with van der Waals surface area (Å²) in [7, 11) is 0. The van der Waals surface area contributed by atoms with Crippen molar-refractivity contribution in [1.82, 2.24) is 9.80 Å². The van der Waals surface area contributed by atoms with Crippen LogP contribution in [0.3, 0.4) is 0 Å². The van der Waals surface area contributed by atoms with Crippen molar-refractivity contribution in [1.29, 1.82) is 0 Å². The summed E-state index contributed by atoms with van der Waals surface area (Å²) in [6.07, 6.45) is 4.29. The Labute approximate surface area is 149 Å². The summed E-state index contributed by atoms with van der Waals surface area (Å²) in [5.74, 6) is -1.55. The standard InChI is InChI=1S/C20H28N2O3/c23-19(17-8-4-5-9-18(17)20(24)25)22-14-12-21(13-15-22)11-10-16-6-2-1-3-7-16/h1-3,6-7,17-18H,4-5,8-15H2,(H,24,25). The van der Waals surface area contributed by atoms with Crippen LogP contribution in [0, 0.1) is 11.8 Å². The Kier molecular flexibility index (Phi) is 6.08. The highest BCUT2D eigenvalue weighted by molar-refractivity contribution is 5.85. The van der Waals surface area contributed by atoms with E-state index in [9.17, 15) is 14.7 Å². The van der Waals surface area contributed by atoms with Crippen LogP contribution < -0.4 is 0 Å². The van der Waals surface area contributed by atoms with Crippen molar-refractivity contribution in [3.05, 3.63) is 35.9 Å². The molecule has 1 aliphatic heterocycles. The number of carbonyl (C=O) groups excluding carboxylic acids is 1. The van der Waals surface area contributed by atoms with E-state index in [2.05, 4.69) is 29.2 Å². The van der Waals surface area contributed by atoms with Gasteiger partial charge in [0.25, 0.3) is 0 Å². The van der Waals surface area contributed by atoms with Crippen LogP contribution in [0.1, 0.15) is 31.2 Å². The lowest BCUT2D eigenvalue weighted by molar-refractivity contribution is -0.153. The van der Waals surface area contributed by atoms with Crippen LogP contribution >= 0.6 is 0 Å². The molecule has 1 saturated heterocycles. The second-order valence-electron chi connectivity index (χ2n) is 7.24. The molecule has 136 valence electrons. The Balaban J connectivity index is 1.48. The molecule has 1 aliphatic carbocycles. The molecule has 1 saturated carbocycles. The van der Waals surface area contributed by atoms with Crippen molar-refractivity contribution >= 4 is 11.9 Å². The van der Waals surface area contributed by atoms with Gasteiger partial charge in [0.15, 0.2) is 0 Å². The molecule has 0 spiro atoms. The first-order valence-electron chi connectivity index (χ1n) is 9.43. The number of hydrogen-bond donors (Lipinski definition) is 1. The average molecular weight is 344 g/mol. The molecule has 3 rings (SSSR count). The molecule has 2 fully saturated rings. The van der Waals surface area contributed by atoms with Gasteiger partial charge < -0.3 is 10.0 Å². The molecule has 0 aromatic heterocycles. The molecule has 1 aromatic carbocycles. The molecule has 2 unspecified atom stereocenters. The quantitative estimate of drug-likeness (QED) is 0.890. The van der Waals surface area contributed by atoms with E-state index in [1.165, 1.54) is 5.56 Å². The van der Waals surface area contributed by atoms with Crippen molar-refractivity contribution in [2.24, 2.45) is 11.8 Å². The lowest BCUT2D eigenvalue weighted by Gasteiger charge is -2.38. The highest BCUT2D eigenvalue weighted by atomic mass is 16.4. The van der Waals surface area contributed by atoms with Crippen molar-refractivity contribution in [2.75, 3.05) is 32.7 Å². The fourth-order valence-electron chi connectivity index (χ4n) is 4.08. The monoisotopic (exact) mass is 344 g/mol. The maximum absolute atomic E-state index is 12.8. The number of nitrogens with zero attached hydrogens (tertiary/aromatic N) is 2. The van der Waals surface area contributed by atoms with Crippen LogP contribution in [0.2, 0.25) is 0 Å². The largest absolute Gasteiger partial charge is 0.481 e. The summed E-state index contributed by atoms with van der Waals surface area (Å²) in [6, 6.07) is 10.5. The second kappa shape index (κ2) is 8.48. The van der Waals surface area contributed by atoms with E-state index >= 15 is 0 Å². The van der Waals surface area contributed by atoms with Gasteiger partial charge >= 0.3 is 5.97 Å². The molecule has 0 bridgehead atoms. The third-order valence-electron chi connectivity index (χ3n) is 5.64. The predicted molar refractivity (Wildman–Crippen MR) is 96.2 cm³/mol. The first kappa shape index (κ1) is 17.9. The maximum Gasteiger partial charge on any atom is 0.307 e. The third-order valence-corrected chi connectivity index (χ3v) is 5.64. The van der Waals surface area contributed by atoms with E-state index in [0.29, 0.717) is 6.42 Å². The summed E-state index contributed by atoms with van der Waals surface area (Å²) in [6.45, 7) is 4.20. The van der Waals surface area contributed by atoms with Crippen molar-refractivity contribution < 1.29 is 14.7 Å². The van der Waals surface area contributed by atoms with Crippen molar-refractivity contribution in [3.8, 4) is 0 Å². The van der Waals surface area contributed by atoms with Gasteiger partial charge in [0.1, 0.15) is 0 Å². The number of amides is 1. The van der Waals surface area contributed by atoms with Crippen LogP contribution in [0.4, 0.5) is 0 Å². The van der Waals surface area contributed by atoms with Crippen LogP contribution in [-0.2, 0) is 16.0 Å². The molecule has 1 heterocycles. The molecule has 0 radical (unpaired) electrons.